The van der Waals surface area contributed by atoms with Crippen LogP contribution < -0.4 is 4.90 Å². The molecule has 0 radical (unpaired) electrons. The summed E-state index contributed by atoms with van der Waals surface area (Å²) in [6.45, 7) is 0.989. The fourth-order valence-electron chi connectivity index (χ4n) is 6.17. The summed E-state index contributed by atoms with van der Waals surface area (Å²) in [6.07, 6.45) is 11.1. The highest BCUT2D eigenvalue weighted by Crippen LogP contribution is 2.59. The van der Waals surface area contributed by atoms with Gasteiger partial charge in [-0.3, -0.25) is 0 Å². The number of hydrogen-bond donors (Lipinski definition) is 1. The number of aromatic carboxylic acids is 1. The van der Waals surface area contributed by atoms with Crippen molar-refractivity contribution in [3.8, 4) is 0 Å². The number of carbonyl (C=O) groups is 1. The van der Waals surface area contributed by atoms with Gasteiger partial charge in [-0.15, -0.1) is 0 Å². The third-order valence-corrected chi connectivity index (χ3v) is 7.66. The van der Waals surface area contributed by atoms with Crippen molar-refractivity contribution >= 4 is 23.3 Å². The van der Waals surface area contributed by atoms with Crippen LogP contribution in [0.5, 0.6) is 0 Å². The van der Waals surface area contributed by atoms with E-state index in [1.807, 2.05) is 24.3 Å². The topological polar surface area (TPSA) is 40.5 Å². The van der Waals surface area contributed by atoms with E-state index in [2.05, 4.69) is 41.3 Å². The fourth-order valence-corrected chi connectivity index (χ4v) is 6.41. The van der Waals surface area contributed by atoms with Crippen LogP contribution in [0.2, 0.25) is 5.02 Å². The maximum absolute atomic E-state index is 11.9. The third kappa shape index (κ3) is 2.40. The number of carboxylic acid groups (broad SMARTS) is 1. The quantitative estimate of drug-likeness (QED) is 0.631. The molecule has 1 N–H and O–H groups in total. The lowest BCUT2D eigenvalue weighted by atomic mass is 9.70. The molecule has 2 aromatic carbocycles. The van der Waals surface area contributed by atoms with Crippen molar-refractivity contribution in [3.63, 3.8) is 0 Å². The monoisotopic (exact) mass is 403 g/mol. The summed E-state index contributed by atoms with van der Waals surface area (Å²) >= 11 is 6.70. The zero-order valence-electron chi connectivity index (χ0n) is 16.0. The van der Waals surface area contributed by atoms with Crippen LogP contribution in [0.3, 0.4) is 0 Å². The average Bonchev–Trinajstić information content (AvgIpc) is 3.38. The van der Waals surface area contributed by atoms with Gasteiger partial charge in [0.2, 0.25) is 0 Å². The Hall–Kier alpha value is -2.52. The van der Waals surface area contributed by atoms with Crippen molar-refractivity contribution in [1.29, 1.82) is 0 Å². The van der Waals surface area contributed by atoms with E-state index in [1.165, 1.54) is 22.4 Å². The van der Waals surface area contributed by atoms with Gasteiger partial charge in [0.05, 0.1) is 11.6 Å². The van der Waals surface area contributed by atoms with Crippen LogP contribution in [0.25, 0.3) is 0 Å². The number of rotatable bonds is 2. The van der Waals surface area contributed by atoms with E-state index in [1.54, 1.807) is 0 Å². The minimum atomic E-state index is -0.841. The summed E-state index contributed by atoms with van der Waals surface area (Å²) in [5.74, 6) is 0.586. The van der Waals surface area contributed by atoms with Crippen LogP contribution in [0.1, 0.15) is 57.8 Å². The van der Waals surface area contributed by atoms with Gasteiger partial charge in [-0.2, -0.15) is 0 Å². The van der Waals surface area contributed by atoms with E-state index in [4.69, 9.17) is 11.6 Å². The molecule has 0 aromatic heterocycles. The van der Waals surface area contributed by atoms with E-state index in [0.717, 1.165) is 24.4 Å². The highest BCUT2D eigenvalue weighted by Gasteiger charge is 2.48. The van der Waals surface area contributed by atoms with Crippen LogP contribution in [-0.2, 0) is 0 Å². The first-order valence-electron chi connectivity index (χ1n) is 10.4. The number of benzene rings is 2. The molecular formula is C25H22ClNO2. The highest BCUT2D eigenvalue weighted by atomic mass is 35.5. The zero-order chi connectivity index (χ0) is 19.7. The molecule has 146 valence electrons. The van der Waals surface area contributed by atoms with Gasteiger partial charge < -0.3 is 10.0 Å². The number of halogens is 1. The molecule has 0 spiro atoms. The Morgan fingerprint density at radius 2 is 1.72 bits per heavy atom. The van der Waals surface area contributed by atoms with E-state index >= 15 is 0 Å². The normalized spacial score (nSPS) is 30.8. The molecule has 3 nitrogen and oxygen atoms in total. The van der Waals surface area contributed by atoms with Gasteiger partial charge in [0.1, 0.15) is 0 Å². The molecule has 2 heterocycles. The highest BCUT2D eigenvalue weighted by molar-refractivity contribution is 6.31. The number of anilines is 1. The van der Waals surface area contributed by atoms with Gasteiger partial charge in [0.25, 0.3) is 0 Å². The molecule has 2 aromatic rings. The second-order valence-electron chi connectivity index (χ2n) is 8.73. The first kappa shape index (κ1) is 17.3. The third-order valence-electron chi connectivity index (χ3n) is 7.32. The molecule has 4 aliphatic rings. The lowest BCUT2D eigenvalue weighted by Crippen LogP contribution is -2.46. The van der Waals surface area contributed by atoms with E-state index < -0.39 is 5.97 Å². The van der Waals surface area contributed by atoms with Crippen molar-refractivity contribution in [2.45, 2.75) is 30.7 Å². The maximum atomic E-state index is 11.9. The van der Waals surface area contributed by atoms with Gasteiger partial charge in [0.15, 0.2) is 0 Å². The van der Waals surface area contributed by atoms with Gasteiger partial charge in [-0.05, 0) is 59.6 Å². The summed E-state index contributed by atoms with van der Waals surface area (Å²) in [7, 11) is 0. The lowest BCUT2D eigenvalue weighted by Gasteiger charge is -2.51. The molecule has 6 rings (SSSR count). The van der Waals surface area contributed by atoms with Crippen molar-refractivity contribution in [3.05, 3.63) is 88.0 Å². The van der Waals surface area contributed by atoms with Crippen LogP contribution in [-0.4, -0.2) is 17.6 Å². The van der Waals surface area contributed by atoms with Crippen molar-refractivity contribution in [2.24, 2.45) is 11.8 Å². The molecule has 0 unspecified atom stereocenters. The molecule has 4 heteroatoms. The second kappa shape index (κ2) is 6.24. The molecular weight excluding hydrogens is 382 g/mol. The predicted octanol–water partition coefficient (Wildman–Crippen LogP) is 5.93. The van der Waals surface area contributed by atoms with E-state index in [-0.39, 0.29) is 12.0 Å². The number of fused-ring (bicyclic) bond motifs is 4. The van der Waals surface area contributed by atoms with Crippen LogP contribution >= 0.6 is 11.6 Å². The molecule has 0 amide bonds. The van der Waals surface area contributed by atoms with E-state index in [9.17, 15) is 9.90 Å². The summed E-state index contributed by atoms with van der Waals surface area (Å²) in [4.78, 5) is 14.5. The van der Waals surface area contributed by atoms with E-state index in [0.29, 0.717) is 23.3 Å². The van der Waals surface area contributed by atoms with Gasteiger partial charge in [-0.1, -0.05) is 54.1 Å². The van der Waals surface area contributed by atoms with Crippen LogP contribution in [0.4, 0.5) is 5.69 Å². The first-order valence-corrected chi connectivity index (χ1v) is 10.8. The van der Waals surface area contributed by atoms with Crippen LogP contribution in [0, 0.1) is 11.8 Å². The number of hydrogen-bond acceptors (Lipinski definition) is 2. The molecule has 0 saturated carbocycles. The smallest absolute Gasteiger partial charge is 0.335 e. The van der Waals surface area contributed by atoms with Gasteiger partial charge in [0, 0.05) is 29.1 Å². The minimum absolute atomic E-state index is 0.215. The van der Waals surface area contributed by atoms with Crippen molar-refractivity contribution < 1.29 is 9.90 Å². The Morgan fingerprint density at radius 1 is 1.00 bits per heavy atom. The minimum Gasteiger partial charge on any atom is -0.478 e. The standard InChI is InChI=1S/C25H22ClNO2/c26-22-10-2-1-6-19(22)23-18-9-4-8-17(18)21-12-15(25(28)29)11-20-16-7-3-5-14(16)13-27(23)24(20)21/h1-4,6-8,10-12,14,16-18,23H,5,9,13H2,(H,28,29)/t14-,16+,17+,18-,23+/m0/s1. The van der Waals surface area contributed by atoms with Crippen molar-refractivity contribution in [1.82, 2.24) is 0 Å². The van der Waals surface area contributed by atoms with Gasteiger partial charge >= 0.3 is 5.97 Å². The Balaban J connectivity index is 1.62. The molecule has 0 saturated heterocycles. The second-order valence-corrected chi connectivity index (χ2v) is 9.14. The predicted molar refractivity (Wildman–Crippen MR) is 115 cm³/mol. The van der Waals surface area contributed by atoms with Gasteiger partial charge in [-0.25, -0.2) is 4.79 Å². The average molecular weight is 404 g/mol. The molecule has 2 aliphatic carbocycles. The Kier molecular flexibility index (Phi) is 3.73. The number of nitrogens with zero attached hydrogens (tertiary/aromatic N) is 1. The summed E-state index contributed by atoms with van der Waals surface area (Å²) in [5, 5.41) is 10.6. The van der Waals surface area contributed by atoms with Crippen LogP contribution in [0.15, 0.2) is 60.7 Å². The molecule has 2 aliphatic heterocycles. The SMILES string of the molecule is O=C(O)c1cc2c3c(c1)[C@@H]1C=CC[C@@H]1[C@H](c1ccccc1Cl)N3C[C@@H]1CC=C[C@@H]21. The molecule has 5 atom stereocenters. The lowest BCUT2D eigenvalue weighted by molar-refractivity contribution is 0.0696. The fraction of sp³-hybridized carbons (Fsp3) is 0.320. The Morgan fingerprint density at radius 3 is 2.52 bits per heavy atom. The summed E-state index contributed by atoms with van der Waals surface area (Å²) in [6, 6.07) is 12.3. The summed E-state index contributed by atoms with van der Waals surface area (Å²) in [5.41, 5.74) is 5.22. The number of allylic oxidation sites excluding steroid dienone is 4. The molecule has 0 bridgehead atoms. The Labute approximate surface area is 175 Å². The first-order chi connectivity index (χ1) is 14.1. The zero-order valence-corrected chi connectivity index (χ0v) is 16.7. The van der Waals surface area contributed by atoms with Crippen molar-refractivity contribution in [2.75, 3.05) is 11.4 Å². The summed E-state index contributed by atoms with van der Waals surface area (Å²) < 4.78 is 0. The molecule has 0 fully saturated rings. The Bertz CT molecular complexity index is 1070. The largest absolute Gasteiger partial charge is 0.478 e. The molecule has 29 heavy (non-hydrogen) atoms. The maximum Gasteiger partial charge on any atom is 0.335 e. The number of carboxylic acids is 1.